The average molecular weight is 318 g/mol. The minimum Gasteiger partial charge on any atom is -0.489 e. The van der Waals surface area contributed by atoms with Crippen molar-refractivity contribution in [3.05, 3.63) is 45.1 Å². The van der Waals surface area contributed by atoms with E-state index in [1.54, 1.807) is 29.5 Å². The quantitative estimate of drug-likeness (QED) is 0.848. The minimum atomic E-state index is -0.619. The van der Waals surface area contributed by atoms with Crippen molar-refractivity contribution in [2.45, 2.75) is 6.10 Å². The molecule has 1 aromatic heterocycles. The van der Waals surface area contributed by atoms with Crippen LogP contribution in [0.3, 0.4) is 0 Å². The van der Waals surface area contributed by atoms with Gasteiger partial charge >= 0.3 is 0 Å². The van der Waals surface area contributed by atoms with Gasteiger partial charge < -0.3 is 15.2 Å². The smallest absolute Gasteiger partial charge is 0.138 e. The number of rotatable bonds is 6. The van der Waals surface area contributed by atoms with Gasteiger partial charge in [0.1, 0.15) is 18.5 Å². The van der Waals surface area contributed by atoms with Gasteiger partial charge in [-0.15, -0.1) is 0 Å². The van der Waals surface area contributed by atoms with Crippen molar-refractivity contribution >= 4 is 40.2 Å². The molecule has 1 aromatic carbocycles. The molecule has 0 radical (unpaired) electrons. The number of aliphatic hydroxyl groups is 1. The maximum atomic E-state index is 9.80. The second kappa shape index (κ2) is 7.01. The number of thiophene rings is 1. The molecule has 102 valence electrons. The number of ether oxygens (including phenoxy) is 1. The fourth-order valence-electron chi connectivity index (χ4n) is 1.44. The largest absolute Gasteiger partial charge is 0.489 e. The van der Waals surface area contributed by atoms with Gasteiger partial charge in [-0.1, -0.05) is 23.2 Å². The molecule has 2 aromatic rings. The van der Waals surface area contributed by atoms with Gasteiger partial charge in [0, 0.05) is 22.6 Å². The zero-order valence-corrected chi connectivity index (χ0v) is 12.3. The molecule has 2 rings (SSSR count). The number of anilines is 1. The van der Waals surface area contributed by atoms with Gasteiger partial charge in [-0.2, -0.15) is 11.3 Å². The summed E-state index contributed by atoms with van der Waals surface area (Å²) < 4.78 is 5.45. The van der Waals surface area contributed by atoms with Gasteiger partial charge in [0.05, 0.1) is 5.02 Å². The zero-order chi connectivity index (χ0) is 13.7. The van der Waals surface area contributed by atoms with Crippen LogP contribution in [0.2, 0.25) is 10.0 Å². The number of hydrogen-bond acceptors (Lipinski definition) is 4. The van der Waals surface area contributed by atoms with E-state index in [2.05, 4.69) is 5.32 Å². The molecular weight excluding hydrogens is 305 g/mol. The maximum absolute atomic E-state index is 9.80. The van der Waals surface area contributed by atoms with E-state index in [1.807, 2.05) is 16.8 Å². The summed E-state index contributed by atoms with van der Waals surface area (Å²) in [5, 5.41) is 17.8. The highest BCUT2D eigenvalue weighted by Crippen LogP contribution is 2.27. The summed E-state index contributed by atoms with van der Waals surface area (Å²) >= 11 is 13.4. The van der Waals surface area contributed by atoms with E-state index in [-0.39, 0.29) is 6.61 Å². The lowest BCUT2D eigenvalue weighted by atomic mass is 10.3. The van der Waals surface area contributed by atoms with E-state index in [1.165, 1.54) is 0 Å². The minimum absolute atomic E-state index is 0.165. The Labute approximate surface area is 125 Å². The second-order valence-corrected chi connectivity index (χ2v) is 5.56. The van der Waals surface area contributed by atoms with Crippen LogP contribution < -0.4 is 10.1 Å². The highest BCUT2D eigenvalue weighted by molar-refractivity contribution is 7.08. The molecule has 0 bridgehead atoms. The van der Waals surface area contributed by atoms with Crippen LogP contribution in [0.4, 0.5) is 5.69 Å². The fourth-order valence-corrected chi connectivity index (χ4v) is 2.51. The standard InChI is InChI=1S/C13H13Cl2NO2S/c14-9-1-2-13(12(15)5-9)18-7-11(17)6-16-10-3-4-19-8-10/h1-5,8,11,16-17H,6-7H2. The lowest BCUT2D eigenvalue weighted by Gasteiger charge is -2.14. The van der Waals surface area contributed by atoms with Gasteiger partial charge in [0.25, 0.3) is 0 Å². The molecule has 0 aliphatic carbocycles. The Kier molecular flexibility index (Phi) is 5.34. The van der Waals surface area contributed by atoms with Gasteiger partial charge in [0.15, 0.2) is 0 Å². The number of hydrogen-bond donors (Lipinski definition) is 2. The molecular formula is C13H13Cl2NO2S. The molecule has 0 aliphatic rings. The Balaban J connectivity index is 1.78. The van der Waals surface area contributed by atoms with E-state index in [0.29, 0.717) is 22.3 Å². The van der Waals surface area contributed by atoms with E-state index in [0.717, 1.165) is 5.69 Å². The Morgan fingerprint density at radius 3 is 2.84 bits per heavy atom. The lowest BCUT2D eigenvalue weighted by Crippen LogP contribution is -2.26. The molecule has 0 fully saturated rings. The zero-order valence-electron chi connectivity index (χ0n) is 9.98. The van der Waals surface area contributed by atoms with Crippen LogP contribution >= 0.6 is 34.5 Å². The highest BCUT2D eigenvalue weighted by Gasteiger charge is 2.08. The van der Waals surface area contributed by atoms with Crippen LogP contribution in [0.15, 0.2) is 35.0 Å². The van der Waals surface area contributed by atoms with E-state index >= 15 is 0 Å². The van der Waals surface area contributed by atoms with E-state index in [4.69, 9.17) is 27.9 Å². The fraction of sp³-hybridized carbons (Fsp3) is 0.231. The summed E-state index contributed by atoms with van der Waals surface area (Å²) in [5.74, 6) is 0.514. The number of nitrogens with one attached hydrogen (secondary N) is 1. The van der Waals surface area contributed by atoms with Crippen molar-refractivity contribution in [2.24, 2.45) is 0 Å². The monoisotopic (exact) mass is 317 g/mol. The average Bonchev–Trinajstić information content (AvgIpc) is 2.88. The van der Waals surface area contributed by atoms with Gasteiger partial charge in [-0.25, -0.2) is 0 Å². The van der Waals surface area contributed by atoms with E-state index < -0.39 is 6.10 Å². The number of aliphatic hydroxyl groups excluding tert-OH is 1. The molecule has 1 heterocycles. The summed E-state index contributed by atoms with van der Waals surface area (Å²) in [7, 11) is 0. The van der Waals surface area contributed by atoms with Crippen molar-refractivity contribution in [1.29, 1.82) is 0 Å². The first-order chi connectivity index (χ1) is 9.15. The number of halogens is 2. The number of benzene rings is 1. The first-order valence-corrected chi connectivity index (χ1v) is 7.37. The van der Waals surface area contributed by atoms with E-state index in [9.17, 15) is 5.11 Å². The van der Waals surface area contributed by atoms with Gasteiger partial charge in [0.2, 0.25) is 0 Å². The predicted octanol–water partition coefficient (Wildman–Crippen LogP) is 3.91. The third-order valence-corrected chi connectivity index (χ3v) is 3.60. The Hall–Kier alpha value is -0.940. The third-order valence-electron chi connectivity index (χ3n) is 2.39. The highest BCUT2D eigenvalue weighted by atomic mass is 35.5. The summed E-state index contributed by atoms with van der Waals surface area (Å²) in [4.78, 5) is 0. The van der Waals surface area contributed by atoms with Crippen molar-refractivity contribution in [3.8, 4) is 5.75 Å². The second-order valence-electron chi connectivity index (χ2n) is 3.93. The Morgan fingerprint density at radius 2 is 2.16 bits per heavy atom. The summed E-state index contributed by atoms with van der Waals surface area (Å²) in [6, 6.07) is 6.94. The Bertz CT molecular complexity index is 519. The molecule has 0 amide bonds. The first-order valence-electron chi connectivity index (χ1n) is 5.67. The molecule has 19 heavy (non-hydrogen) atoms. The Morgan fingerprint density at radius 1 is 1.32 bits per heavy atom. The lowest BCUT2D eigenvalue weighted by molar-refractivity contribution is 0.117. The molecule has 0 saturated heterocycles. The van der Waals surface area contributed by atoms with Crippen LogP contribution in [-0.2, 0) is 0 Å². The normalized spacial score (nSPS) is 12.2. The van der Waals surface area contributed by atoms with Crippen LogP contribution in [-0.4, -0.2) is 24.4 Å². The molecule has 2 N–H and O–H groups in total. The van der Waals surface area contributed by atoms with Gasteiger partial charge in [-0.3, -0.25) is 0 Å². The topological polar surface area (TPSA) is 41.5 Å². The summed E-state index contributed by atoms with van der Waals surface area (Å²) in [5.41, 5.74) is 0.994. The van der Waals surface area contributed by atoms with Crippen LogP contribution in [0.5, 0.6) is 5.75 Å². The molecule has 1 unspecified atom stereocenters. The van der Waals surface area contributed by atoms with Crippen LogP contribution in [0, 0.1) is 0 Å². The van der Waals surface area contributed by atoms with Crippen molar-refractivity contribution in [2.75, 3.05) is 18.5 Å². The van der Waals surface area contributed by atoms with Crippen molar-refractivity contribution in [3.63, 3.8) is 0 Å². The summed E-state index contributed by atoms with van der Waals surface area (Å²) in [6.45, 7) is 0.584. The maximum Gasteiger partial charge on any atom is 0.138 e. The van der Waals surface area contributed by atoms with Crippen molar-refractivity contribution < 1.29 is 9.84 Å². The van der Waals surface area contributed by atoms with Crippen molar-refractivity contribution in [1.82, 2.24) is 0 Å². The third kappa shape index (κ3) is 4.58. The first kappa shape index (κ1) is 14.5. The molecule has 3 nitrogen and oxygen atoms in total. The predicted molar refractivity (Wildman–Crippen MR) is 80.8 cm³/mol. The SMILES string of the molecule is OC(CNc1ccsc1)COc1ccc(Cl)cc1Cl. The van der Waals surface area contributed by atoms with Gasteiger partial charge in [-0.05, 0) is 29.6 Å². The van der Waals surface area contributed by atoms with Crippen LogP contribution in [0.25, 0.3) is 0 Å². The molecule has 0 saturated carbocycles. The van der Waals surface area contributed by atoms with Crippen LogP contribution in [0.1, 0.15) is 0 Å². The molecule has 0 aliphatic heterocycles. The molecule has 0 spiro atoms. The molecule has 6 heteroatoms. The molecule has 1 atom stereocenters. The summed E-state index contributed by atoms with van der Waals surface area (Å²) in [6.07, 6.45) is -0.619.